The molecular formula is C19H25N5O3. The van der Waals surface area contributed by atoms with E-state index in [1.807, 2.05) is 40.8 Å². The van der Waals surface area contributed by atoms with E-state index < -0.39 is 5.60 Å². The van der Waals surface area contributed by atoms with Crippen molar-refractivity contribution in [3.05, 3.63) is 40.8 Å². The van der Waals surface area contributed by atoms with E-state index in [1.54, 1.807) is 21.8 Å². The Labute approximate surface area is 158 Å². The van der Waals surface area contributed by atoms with E-state index in [0.717, 1.165) is 16.8 Å². The maximum atomic E-state index is 12.7. The first-order valence-electron chi connectivity index (χ1n) is 8.91. The third-order valence-electron chi connectivity index (χ3n) is 4.26. The molecule has 1 aliphatic rings. The van der Waals surface area contributed by atoms with Crippen molar-refractivity contribution in [3.63, 3.8) is 0 Å². The number of ether oxygens (including phenoxy) is 1. The van der Waals surface area contributed by atoms with Crippen molar-refractivity contribution in [2.24, 2.45) is 7.05 Å². The van der Waals surface area contributed by atoms with Crippen LogP contribution in [-0.2, 0) is 24.8 Å². The van der Waals surface area contributed by atoms with Crippen LogP contribution in [0, 0.1) is 6.92 Å². The van der Waals surface area contributed by atoms with Gasteiger partial charge in [0.15, 0.2) is 5.69 Å². The number of carbonyl (C=O) groups is 2. The van der Waals surface area contributed by atoms with Crippen LogP contribution in [0.1, 0.15) is 48.1 Å². The standard InChI is InChI=1S/C19H25N5O3/c1-12-6-7-15(20-10-12)21-17(25)16-13-11-24(18(26)27-19(2,3)4)9-8-14(13)23(5)22-16/h6-7,10H,8-9,11H2,1-5H3,(H,20,21,25). The zero-order valence-electron chi connectivity index (χ0n) is 16.4. The normalized spacial score (nSPS) is 13.9. The van der Waals surface area contributed by atoms with E-state index in [1.165, 1.54) is 0 Å². The lowest BCUT2D eigenvalue weighted by molar-refractivity contribution is 0.0222. The molecule has 3 heterocycles. The van der Waals surface area contributed by atoms with Crippen LogP contribution in [0.15, 0.2) is 18.3 Å². The Morgan fingerprint density at radius 2 is 2.00 bits per heavy atom. The second kappa shape index (κ2) is 7.02. The molecule has 0 radical (unpaired) electrons. The molecule has 0 aliphatic carbocycles. The highest BCUT2D eigenvalue weighted by Gasteiger charge is 2.31. The van der Waals surface area contributed by atoms with Gasteiger partial charge in [-0.3, -0.25) is 9.48 Å². The highest BCUT2D eigenvalue weighted by molar-refractivity contribution is 6.03. The number of aromatic nitrogens is 3. The number of pyridine rings is 1. The number of nitrogens with one attached hydrogen (secondary N) is 1. The molecule has 0 fully saturated rings. The summed E-state index contributed by atoms with van der Waals surface area (Å²) in [5.41, 5.74) is 2.46. The molecule has 0 aromatic carbocycles. The molecular weight excluding hydrogens is 346 g/mol. The number of carbonyl (C=O) groups excluding carboxylic acids is 2. The minimum Gasteiger partial charge on any atom is -0.444 e. The highest BCUT2D eigenvalue weighted by Crippen LogP contribution is 2.24. The van der Waals surface area contributed by atoms with E-state index in [9.17, 15) is 9.59 Å². The molecule has 0 spiro atoms. The summed E-state index contributed by atoms with van der Waals surface area (Å²) in [5, 5.41) is 7.14. The number of rotatable bonds is 2. The first kappa shape index (κ1) is 18.9. The predicted molar refractivity (Wildman–Crippen MR) is 100 cm³/mol. The van der Waals surface area contributed by atoms with Crippen molar-refractivity contribution in [2.75, 3.05) is 11.9 Å². The molecule has 0 atom stereocenters. The Hall–Kier alpha value is -2.90. The molecule has 2 aromatic heterocycles. The van der Waals surface area contributed by atoms with Crippen molar-refractivity contribution >= 4 is 17.8 Å². The summed E-state index contributed by atoms with van der Waals surface area (Å²) in [7, 11) is 1.81. The van der Waals surface area contributed by atoms with Crippen molar-refractivity contribution in [3.8, 4) is 0 Å². The molecule has 0 saturated heterocycles. The summed E-state index contributed by atoms with van der Waals surface area (Å²) >= 11 is 0. The van der Waals surface area contributed by atoms with Gasteiger partial charge in [0, 0.05) is 37.5 Å². The van der Waals surface area contributed by atoms with E-state index in [4.69, 9.17) is 4.74 Å². The second-order valence-electron chi connectivity index (χ2n) is 7.72. The maximum absolute atomic E-state index is 12.7. The smallest absolute Gasteiger partial charge is 0.410 e. The van der Waals surface area contributed by atoms with E-state index in [-0.39, 0.29) is 12.0 Å². The third-order valence-corrected chi connectivity index (χ3v) is 4.26. The molecule has 0 unspecified atom stereocenters. The van der Waals surface area contributed by atoms with Crippen LogP contribution in [-0.4, -0.2) is 43.8 Å². The fourth-order valence-corrected chi connectivity index (χ4v) is 2.97. The number of hydrogen-bond donors (Lipinski definition) is 1. The molecule has 144 valence electrons. The van der Waals surface area contributed by atoms with Gasteiger partial charge in [-0.25, -0.2) is 9.78 Å². The summed E-state index contributed by atoms with van der Waals surface area (Å²) in [5.74, 6) is 0.124. The second-order valence-corrected chi connectivity index (χ2v) is 7.72. The fourth-order valence-electron chi connectivity index (χ4n) is 2.97. The van der Waals surface area contributed by atoms with Crippen LogP contribution in [0.2, 0.25) is 0 Å². The number of nitrogens with zero attached hydrogens (tertiary/aromatic N) is 4. The van der Waals surface area contributed by atoms with Crippen LogP contribution < -0.4 is 5.32 Å². The lowest BCUT2D eigenvalue weighted by atomic mass is 10.1. The van der Waals surface area contributed by atoms with Crippen molar-refractivity contribution in [2.45, 2.75) is 46.3 Å². The average Bonchev–Trinajstić information content (AvgIpc) is 2.92. The summed E-state index contributed by atoms with van der Waals surface area (Å²) in [6, 6.07) is 3.62. The molecule has 27 heavy (non-hydrogen) atoms. The van der Waals surface area contributed by atoms with Gasteiger partial charge in [0.25, 0.3) is 5.91 Å². The minimum absolute atomic E-state index is 0.294. The Morgan fingerprint density at radius 3 is 2.63 bits per heavy atom. The highest BCUT2D eigenvalue weighted by atomic mass is 16.6. The monoisotopic (exact) mass is 371 g/mol. The Kier molecular flexibility index (Phi) is 4.91. The van der Waals surface area contributed by atoms with Crippen molar-refractivity contribution in [1.29, 1.82) is 0 Å². The van der Waals surface area contributed by atoms with Gasteiger partial charge in [-0.1, -0.05) is 6.07 Å². The number of anilines is 1. The first-order chi connectivity index (χ1) is 12.6. The molecule has 8 nitrogen and oxygen atoms in total. The number of amides is 2. The van der Waals surface area contributed by atoms with E-state index >= 15 is 0 Å². The molecule has 0 saturated carbocycles. The Balaban J connectivity index is 1.80. The number of aryl methyl sites for hydroxylation is 2. The lowest BCUT2D eigenvalue weighted by Gasteiger charge is -2.30. The van der Waals surface area contributed by atoms with Crippen LogP contribution in [0.4, 0.5) is 10.6 Å². The molecule has 1 N–H and O–H groups in total. The quantitative estimate of drug-likeness (QED) is 0.877. The van der Waals surface area contributed by atoms with Gasteiger partial charge in [-0.15, -0.1) is 0 Å². The SMILES string of the molecule is Cc1ccc(NC(=O)c2nn(C)c3c2CN(C(=O)OC(C)(C)C)CC3)nc1. The summed E-state index contributed by atoms with van der Waals surface area (Å²) in [6.45, 7) is 8.25. The van der Waals surface area contributed by atoms with Gasteiger partial charge >= 0.3 is 6.09 Å². The van der Waals surface area contributed by atoms with Crippen LogP contribution in [0.3, 0.4) is 0 Å². The van der Waals surface area contributed by atoms with Gasteiger partial charge in [0.2, 0.25) is 0 Å². The summed E-state index contributed by atoms with van der Waals surface area (Å²) in [4.78, 5) is 30.9. The predicted octanol–water partition coefficient (Wildman–Crippen LogP) is 2.67. The minimum atomic E-state index is -0.566. The Morgan fingerprint density at radius 1 is 1.26 bits per heavy atom. The molecule has 2 aromatic rings. The van der Waals surface area contributed by atoms with Gasteiger partial charge in [0.1, 0.15) is 11.4 Å². The van der Waals surface area contributed by atoms with Crippen LogP contribution in [0.5, 0.6) is 0 Å². The van der Waals surface area contributed by atoms with Gasteiger partial charge in [0.05, 0.1) is 6.54 Å². The number of fused-ring (bicyclic) bond motifs is 1. The van der Waals surface area contributed by atoms with Gasteiger partial charge < -0.3 is 15.0 Å². The molecule has 8 heteroatoms. The van der Waals surface area contributed by atoms with Gasteiger partial charge in [-0.05, 0) is 39.3 Å². The molecule has 0 bridgehead atoms. The maximum Gasteiger partial charge on any atom is 0.410 e. The fraction of sp³-hybridized carbons (Fsp3) is 0.474. The summed E-state index contributed by atoms with van der Waals surface area (Å²) < 4.78 is 7.16. The van der Waals surface area contributed by atoms with Crippen molar-refractivity contribution < 1.29 is 14.3 Å². The van der Waals surface area contributed by atoms with Crippen LogP contribution in [0.25, 0.3) is 0 Å². The average molecular weight is 371 g/mol. The third kappa shape index (κ3) is 4.27. The molecule has 3 rings (SSSR count). The van der Waals surface area contributed by atoms with Crippen molar-refractivity contribution in [1.82, 2.24) is 19.7 Å². The number of hydrogen-bond acceptors (Lipinski definition) is 5. The van der Waals surface area contributed by atoms with Gasteiger partial charge in [-0.2, -0.15) is 5.10 Å². The first-order valence-corrected chi connectivity index (χ1v) is 8.91. The topological polar surface area (TPSA) is 89.4 Å². The zero-order valence-corrected chi connectivity index (χ0v) is 16.4. The summed E-state index contributed by atoms with van der Waals surface area (Å²) in [6.07, 6.45) is 1.92. The lowest BCUT2D eigenvalue weighted by Crippen LogP contribution is -2.40. The zero-order chi connectivity index (χ0) is 19.8. The van der Waals surface area contributed by atoms with E-state index in [0.29, 0.717) is 31.0 Å². The largest absolute Gasteiger partial charge is 0.444 e. The molecule has 1 aliphatic heterocycles. The molecule has 2 amide bonds. The van der Waals surface area contributed by atoms with E-state index in [2.05, 4.69) is 15.4 Å². The van der Waals surface area contributed by atoms with Crippen LogP contribution >= 0.6 is 0 Å². The Bertz CT molecular complexity index is 865.